The topological polar surface area (TPSA) is 20.2 Å². The molecule has 0 aliphatic heterocycles. The number of hydrogen-bond acceptors (Lipinski definition) is 1. The summed E-state index contributed by atoms with van der Waals surface area (Å²) in [5.74, 6) is 0. The summed E-state index contributed by atoms with van der Waals surface area (Å²) >= 11 is 0. The van der Waals surface area contributed by atoms with Gasteiger partial charge in [-0.15, -0.1) is 6.58 Å². The quantitative estimate of drug-likeness (QED) is 0.768. The molecule has 0 unspecified atom stereocenters. The molecule has 82 valence electrons. The Morgan fingerprint density at radius 3 is 2.60 bits per heavy atom. The van der Waals surface area contributed by atoms with Crippen LogP contribution in [-0.2, 0) is 6.18 Å². The van der Waals surface area contributed by atoms with Crippen LogP contribution in [0.5, 0.6) is 0 Å². The minimum atomic E-state index is -4.37. The smallest absolute Gasteiger partial charge is 0.388 e. The maximum Gasteiger partial charge on any atom is 0.416 e. The van der Waals surface area contributed by atoms with Gasteiger partial charge < -0.3 is 5.11 Å². The number of aliphatic hydroxyl groups is 1. The number of halogens is 3. The average molecular weight is 216 g/mol. The van der Waals surface area contributed by atoms with Gasteiger partial charge in [0.2, 0.25) is 0 Å². The molecule has 1 aromatic rings. The third kappa shape index (κ3) is 3.09. The molecule has 1 N–H and O–H groups in total. The van der Waals surface area contributed by atoms with Gasteiger partial charge in [-0.25, -0.2) is 0 Å². The van der Waals surface area contributed by atoms with Gasteiger partial charge in [-0.05, 0) is 24.1 Å². The second-order valence-electron chi connectivity index (χ2n) is 3.16. The highest BCUT2D eigenvalue weighted by Crippen LogP contribution is 2.31. The highest BCUT2D eigenvalue weighted by atomic mass is 19.4. The van der Waals surface area contributed by atoms with Crippen molar-refractivity contribution in [2.75, 3.05) is 0 Å². The summed E-state index contributed by atoms with van der Waals surface area (Å²) in [4.78, 5) is 0. The predicted octanol–water partition coefficient (Wildman–Crippen LogP) is 3.31. The van der Waals surface area contributed by atoms with Crippen LogP contribution in [-0.4, -0.2) is 5.11 Å². The molecule has 1 nitrogen and oxygen atoms in total. The Hall–Kier alpha value is -1.29. The summed E-state index contributed by atoms with van der Waals surface area (Å²) in [7, 11) is 0. The van der Waals surface area contributed by atoms with Crippen molar-refractivity contribution in [2.45, 2.75) is 18.7 Å². The highest BCUT2D eigenvalue weighted by Gasteiger charge is 2.30. The first-order chi connectivity index (χ1) is 6.95. The van der Waals surface area contributed by atoms with E-state index in [4.69, 9.17) is 0 Å². The van der Waals surface area contributed by atoms with E-state index in [2.05, 4.69) is 6.58 Å². The molecule has 1 atom stereocenters. The van der Waals surface area contributed by atoms with E-state index in [9.17, 15) is 18.3 Å². The molecule has 0 aromatic heterocycles. The lowest BCUT2D eigenvalue weighted by molar-refractivity contribution is -0.137. The predicted molar refractivity (Wildman–Crippen MR) is 51.2 cm³/mol. The van der Waals surface area contributed by atoms with Crippen LogP contribution in [0.4, 0.5) is 13.2 Å². The lowest BCUT2D eigenvalue weighted by Crippen LogP contribution is -2.06. The molecule has 0 aliphatic carbocycles. The van der Waals surface area contributed by atoms with Crippen LogP contribution < -0.4 is 0 Å². The molecule has 0 aliphatic rings. The van der Waals surface area contributed by atoms with Crippen molar-refractivity contribution in [1.29, 1.82) is 0 Å². The Morgan fingerprint density at radius 1 is 1.40 bits per heavy atom. The number of aliphatic hydroxyl groups excluding tert-OH is 1. The first-order valence-electron chi connectivity index (χ1n) is 4.41. The van der Waals surface area contributed by atoms with Gasteiger partial charge >= 0.3 is 6.18 Å². The van der Waals surface area contributed by atoms with Crippen LogP contribution in [0.3, 0.4) is 0 Å². The van der Waals surface area contributed by atoms with Crippen LogP contribution in [0.2, 0.25) is 0 Å². The number of rotatable bonds is 3. The lowest BCUT2D eigenvalue weighted by Gasteiger charge is -2.11. The maximum atomic E-state index is 12.3. The van der Waals surface area contributed by atoms with E-state index in [-0.39, 0.29) is 12.0 Å². The molecule has 0 bridgehead atoms. The van der Waals surface area contributed by atoms with Gasteiger partial charge in [-0.3, -0.25) is 0 Å². The van der Waals surface area contributed by atoms with Gasteiger partial charge in [0.05, 0.1) is 11.7 Å². The second-order valence-corrected chi connectivity index (χ2v) is 3.16. The molecule has 0 radical (unpaired) electrons. The molecule has 0 amide bonds. The Kier molecular flexibility index (Phi) is 3.52. The molecule has 15 heavy (non-hydrogen) atoms. The van der Waals surface area contributed by atoms with Crippen molar-refractivity contribution in [3.63, 3.8) is 0 Å². The molecule has 4 heteroatoms. The van der Waals surface area contributed by atoms with Crippen molar-refractivity contribution in [2.24, 2.45) is 0 Å². The van der Waals surface area contributed by atoms with E-state index in [1.54, 1.807) is 0 Å². The van der Waals surface area contributed by atoms with Crippen molar-refractivity contribution < 1.29 is 18.3 Å². The second kappa shape index (κ2) is 4.49. The Bertz CT molecular complexity index is 344. The van der Waals surface area contributed by atoms with Crippen molar-refractivity contribution >= 4 is 0 Å². The Balaban J connectivity index is 2.97. The maximum absolute atomic E-state index is 12.3. The van der Waals surface area contributed by atoms with Crippen LogP contribution in [0, 0.1) is 0 Å². The highest BCUT2D eigenvalue weighted by molar-refractivity contribution is 5.27. The van der Waals surface area contributed by atoms with E-state index >= 15 is 0 Å². The van der Waals surface area contributed by atoms with Gasteiger partial charge in [0.25, 0.3) is 0 Å². The molecule has 0 saturated heterocycles. The van der Waals surface area contributed by atoms with E-state index in [1.807, 2.05) is 0 Å². The van der Waals surface area contributed by atoms with Crippen LogP contribution in [0.25, 0.3) is 0 Å². The minimum absolute atomic E-state index is 0.237. The zero-order valence-electron chi connectivity index (χ0n) is 7.96. The summed E-state index contributed by atoms with van der Waals surface area (Å²) in [6.45, 7) is 3.42. The van der Waals surface area contributed by atoms with Gasteiger partial charge in [0, 0.05) is 0 Å². The molecule has 0 heterocycles. The van der Waals surface area contributed by atoms with Gasteiger partial charge in [0.1, 0.15) is 0 Å². The van der Waals surface area contributed by atoms with E-state index in [1.165, 1.54) is 18.2 Å². The molecule has 0 fully saturated rings. The third-order valence-electron chi connectivity index (χ3n) is 1.99. The summed E-state index contributed by atoms with van der Waals surface area (Å²) < 4.78 is 36.9. The first-order valence-corrected chi connectivity index (χ1v) is 4.41. The van der Waals surface area contributed by atoms with E-state index < -0.39 is 17.8 Å². The molecule has 0 spiro atoms. The van der Waals surface area contributed by atoms with Crippen molar-refractivity contribution in [3.05, 3.63) is 48.0 Å². The van der Waals surface area contributed by atoms with Crippen LogP contribution in [0.15, 0.2) is 36.9 Å². The lowest BCUT2D eigenvalue weighted by atomic mass is 10.0. The zero-order chi connectivity index (χ0) is 11.5. The van der Waals surface area contributed by atoms with Crippen LogP contribution in [0.1, 0.15) is 23.7 Å². The zero-order valence-corrected chi connectivity index (χ0v) is 7.96. The summed E-state index contributed by atoms with van der Waals surface area (Å²) in [6, 6.07) is 4.67. The summed E-state index contributed by atoms with van der Waals surface area (Å²) in [5, 5.41) is 9.47. The number of benzene rings is 1. The van der Waals surface area contributed by atoms with E-state index in [0.717, 1.165) is 12.1 Å². The fraction of sp³-hybridized carbons (Fsp3) is 0.273. The fourth-order valence-electron chi connectivity index (χ4n) is 1.22. The van der Waals surface area contributed by atoms with Crippen LogP contribution >= 0.6 is 0 Å². The SMILES string of the molecule is C=CC[C@H](O)c1cccc(C(F)(F)F)c1. The summed E-state index contributed by atoms with van der Waals surface area (Å²) in [6.07, 6.45) is -3.60. The van der Waals surface area contributed by atoms with Gasteiger partial charge in [0.15, 0.2) is 0 Å². The monoisotopic (exact) mass is 216 g/mol. The normalized spacial score (nSPS) is 13.6. The van der Waals surface area contributed by atoms with Gasteiger partial charge in [-0.1, -0.05) is 18.2 Å². The molecular weight excluding hydrogens is 205 g/mol. The van der Waals surface area contributed by atoms with Gasteiger partial charge in [-0.2, -0.15) is 13.2 Å². The van der Waals surface area contributed by atoms with Crippen molar-refractivity contribution in [1.82, 2.24) is 0 Å². The Labute approximate surface area is 85.9 Å². The molecule has 1 aromatic carbocycles. The molecular formula is C11H11F3O. The first kappa shape index (κ1) is 11.8. The largest absolute Gasteiger partial charge is 0.416 e. The molecule has 1 rings (SSSR count). The summed E-state index contributed by atoms with van der Waals surface area (Å²) in [5.41, 5.74) is -0.493. The minimum Gasteiger partial charge on any atom is -0.388 e. The standard InChI is InChI=1S/C11H11F3O/c1-2-4-10(15)8-5-3-6-9(7-8)11(12,13)14/h2-3,5-7,10,15H,1,4H2/t10-/m0/s1. The number of hydrogen-bond donors (Lipinski definition) is 1. The molecule has 0 saturated carbocycles. The third-order valence-corrected chi connectivity index (χ3v) is 1.99. The van der Waals surface area contributed by atoms with E-state index in [0.29, 0.717) is 0 Å². The average Bonchev–Trinajstić information content (AvgIpc) is 2.17. The Morgan fingerprint density at radius 2 is 2.07 bits per heavy atom. The number of alkyl halides is 3. The van der Waals surface area contributed by atoms with Crippen molar-refractivity contribution in [3.8, 4) is 0 Å². The fourth-order valence-corrected chi connectivity index (χ4v) is 1.22.